The minimum Gasteiger partial charge on any atom is -0.386 e. The molecule has 0 aromatic carbocycles. The number of rotatable bonds is 0. The van der Waals surface area contributed by atoms with E-state index in [9.17, 15) is 15.3 Å². The van der Waals surface area contributed by atoms with E-state index < -0.39 is 11.9 Å². The summed E-state index contributed by atoms with van der Waals surface area (Å²) in [5.41, 5.74) is 0. The van der Waals surface area contributed by atoms with E-state index in [2.05, 4.69) is 0 Å². The molecule has 0 aromatic heterocycles. The lowest BCUT2D eigenvalue weighted by molar-refractivity contribution is -0.223. The van der Waals surface area contributed by atoms with Crippen molar-refractivity contribution >= 4 is 12.4 Å². The Labute approximate surface area is 83.6 Å². The van der Waals surface area contributed by atoms with Crippen LogP contribution in [-0.2, 0) is 0 Å². The van der Waals surface area contributed by atoms with E-state index in [0.29, 0.717) is 6.54 Å². The Morgan fingerprint density at radius 1 is 1.23 bits per heavy atom. The van der Waals surface area contributed by atoms with Crippen LogP contribution in [0, 0.1) is 0 Å². The van der Waals surface area contributed by atoms with Crippen molar-refractivity contribution in [2.75, 3.05) is 13.1 Å². The molecule has 78 valence electrons. The van der Waals surface area contributed by atoms with Gasteiger partial charge in [-0.25, -0.2) is 0 Å². The number of halogens is 1. The lowest BCUT2D eigenvalue weighted by Gasteiger charge is -2.33. The highest BCUT2D eigenvalue weighted by atomic mass is 35.5. The van der Waals surface area contributed by atoms with Gasteiger partial charge in [0.2, 0.25) is 5.79 Å². The molecule has 13 heavy (non-hydrogen) atoms. The Morgan fingerprint density at radius 2 is 1.92 bits per heavy atom. The lowest BCUT2D eigenvalue weighted by atomic mass is 9.97. The van der Waals surface area contributed by atoms with Crippen molar-refractivity contribution < 1.29 is 15.3 Å². The molecule has 2 atom stereocenters. The SMILES string of the molecule is Cl.OC1CN2CCCCC2C1(O)O. The van der Waals surface area contributed by atoms with Crippen LogP contribution in [0.15, 0.2) is 0 Å². The monoisotopic (exact) mass is 209 g/mol. The number of aliphatic hydroxyl groups is 3. The molecule has 0 amide bonds. The topological polar surface area (TPSA) is 63.9 Å². The molecule has 2 aliphatic rings. The van der Waals surface area contributed by atoms with Gasteiger partial charge < -0.3 is 15.3 Å². The van der Waals surface area contributed by atoms with Crippen molar-refractivity contribution in [2.45, 2.75) is 37.2 Å². The van der Waals surface area contributed by atoms with Gasteiger partial charge in [0.05, 0.1) is 6.04 Å². The van der Waals surface area contributed by atoms with Gasteiger partial charge in [-0.3, -0.25) is 4.90 Å². The van der Waals surface area contributed by atoms with E-state index in [4.69, 9.17) is 0 Å². The Morgan fingerprint density at radius 3 is 2.54 bits per heavy atom. The molecule has 0 aliphatic carbocycles. The normalized spacial score (nSPS) is 38.1. The van der Waals surface area contributed by atoms with E-state index in [1.807, 2.05) is 4.90 Å². The zero-order valence-electron chi connectivity index (χ0n) is 7.39. The molecule has 2 aliphatic heterocycles. The number of nitrogens with zero attached hydrogens (tertiary/aromatic N) is 1. The predicted molar refractivity (Wildman–Crippen MR) is 49.6 cm³/mol. The van der Waals surface area contributed by atoms with Crippen LogP contribution in [0.4, 0.5) is 0 Å². The zero-order valence-corrected chi connectivity index (χ0v) is 8.20. The Bertz CT molecular complexity index is 188. The molecule has 5 heteroatoms. The van der Waals surface area contributed by atoms with Crippen molar-refractivity contribution in [2.24, 2.45) is 0 Å². The van der Waals surface area contributed by atoms with Gasteiger partial charge in [0, 0.05) is 6.54 Å². The summed E-state index contributed by atoms with van der Waals surface area (Å²) in [7, 11) is 0. The van der Waals surface area contributed by atoms with Crippen LogP contribution in [0.3, 0.4) is 0 Å². The number of hydrogen-bond donors (Lipinski definition) is 3. The molecule has 0 radical (unpaired) electrons. The minimum absolute atomic E-state index is 0. The molecule has 2 fully saturated rings. The van der Waals surface area contributed by atoms with Crippen LogP contribution in [-0.4, -0.2) is 51.2 Å². The number of aliphatic hydroxyl groups excluding tert-OH is 1. The van der Waals surface area contributed by atoms with Crippen molar-refractivity contribution in [3.8, 4) is 0 Å². The van der Waals surface area contributed by atoms with Crippen LogP contribution >= 0.6 is 12.4 Å². The molecule has 2 saturated heterocycles. The van der Waals surface area contributed by atoms with Crippen LogP contribution in [0.25, 0.3) is 0 Å². The highest BCUT2D eigenvalue weighted by molar-refractivity contribution is 5.85. The second-order valence-corrected chi connectivity index (χ2v) is 3.81. The van der Waals surface area contributed by atoms with Crippen molar-refractivity contribution in [3.05, 3.63) is 0 Å². The fraction of sp³-hybridized carbons (Fsp3) is 1.00. The van der Waals surface area contributed by atoms with Crippen molar-refractivity contribution in [1.29, 1.82) is 0 Å². The third-order valence-electron chi connectivity index (χ3n) is 3.00. The fourth-order valence-electron chi connectivity index (χ4n) is 2.27. The van der Waals surface area contributed by atoms with Gasteiger partial charge in [0.15, 0.2) is 0 Å². The second-order valence-electron chi connectivity index (χ2n) is 3.81. The van der Waals surface area contributed by atoms with Gasteiger partial charge in [0.1, 0.15) is 6.10 Å². The van der Waals surface area contributed by atoms with Crippen molar-refractivity contribution in [1.82, 2.24) is 4.90 Å². The Balaban J connectivity index is 0.000000845. The van der Waals surface area contributed by atoms with E-state index in [1.54, 1.807) is 0 Å². The second kappa shape index (κ2) is 3.71. The average molecular weight is 210 g/mol. The molecule has 0 bridgehead atoms. The first-order valence-corrected chi connectivity index (χ1v) is 4.49. The van der Waals surface area contributed by atoms with Gasteiger partial charge in [-0.15, -0.1) is 12.4 Å². The first kappa shape index (κ1) is 11.2. The summed E-state index contributed by atoms with van der Waals surface area (Å²) < 4.78 is 0. The summed E-state index contributed by atoms with van der Waals surface area (Å²) in [4.78, 5) is 1.97. The summed E-state index contributed by atoms with van der Waals surface area (Å²) in [5.74, 6) is -1.87. The maximum atomic E-state index is 9.52. The Hall–Kier alpha value is 0.130. The van der Waals surface area contributed by atoms with E-state index in [1.165, 1.54) is 0 Å². The van der Waals surface area contributed by atoms with Crippen LogP contribution in [0.2, 0.25) is 0 Å². The third kappa shape index (κ3) is 1.69. The number of hydrogen-bond acceptors (Lipinski definition) is 4. The van der Waals surface area contributed by atoms with Crippen LogP contribution in [0.1, 0.15) is 19.3 Å². The molecule has 4 nitrogen and oxygen atoms in total. The summed E-state index contributed by atoms with van der Waals surface area (Å²) in [6, 6.07) is -0.249. The smallest absolute Gasteiger partial charge is 0.206 e. The molecular weight excluding hydrogens is 194 g/mol. The van der Waals surface area contributed by atoms with Crippen molar-refractivity contribution in [3.63, 3.8) is 0 Å². The molecule has 0 spiro atoms. The molecule has 3 N–H and O–H groups in total. The fourth-order valence-corrected chi connectivity index (χ4v) is 2.27. The van der Waals surface area contributed by atoms with E-state index in [0.717, 1.165) is 25.8 Å². The number of piperidine rings is 1. The molecule has 2 heterocycles. The zero-order chi connectivity index (χ0) is 8.77. The van der Waals surface area contributed by atoms with Gasteiger partial charge >= 0.3 is 0 Å². The highest BCUT2D eigenvalue weighted by Crippen LogP contribution is 2.33. The quantitative estimate of drug-likeness (QED) is 0.463. The largest absolute Gasteiger partial charge is 0.386 e. The number of fused-ring (bicyclic) bond motifs is 1. The van der Waals surface area contributed by atoms with E-state index in [-0.39, 0.29) is 18.4 Å². The van der Waals surface area contributed by atoms with Gasteiger partial charge in [-0.05, 0) is 19.4 Å². The molecular formula is C8H16ClNO3. The first-order chi connectivity index (χ1) is 5.62. The van der Waals surface area contributed by atoms with Gasteiger partial charge in [-0.2, -0.15) is 0 Å². The summed E-state index contributed by atoms with van der Waals surface area (Å²) in [6.07, 6.45) is 1.90. The maximum absolute atomic E-state index is 9.52. The van der Waals surface area contributed by atoms with Gasteiger partial charge in [0.25, 0.3) is 0 Å². The van der Waals surface area contributed by atoms with Crippen LogP contribution < -0.4 is 0 Å². The third-order valence-corrected chi connectivity index (χ3v) is 3.00. The lowest BCUT2D eigenvalue weighted by Crippen LogP contribution is -2.50. The molecule has 2 unspecified atom stereocenters. The molecule has 0 aromatic rings. The average Bonchev–Trinajstić information content (AvgIpc) is 2.25. The van der Waals surface area contributed by atoms with Crippen LogP contribution in [0.5, 0.6) is 0 Å². The predicted octanol–water partition coefficient (Wildman–Crippen LogP) is -0.682. The van der Waals surface area contributed by atoms with E-state index >= 15 is 0 Å². The minimum atomic E-state index is -1.87. The summed E-state index contributed by atoms with van der Waals surface area (Å²) >= 11 is 0. The summed E-state index contributed by atoms with van der Waals surface area (Å²) in [5, 5.41) is 28.4. The first-order valence-electron chi connectivity index (χ1n) is 4.49. The Kier molecular flexibility index (Phi) is 3.20. The molecule has 2 rings (SSSR count). The standard InChI is InChI=1S/C8H15NO3.ClH/c10-7-5-9-4-2-1-3-6(9)8(7,11)12;/h6-7,10-12H,1-5H2;1H. The molecule has 0 saturated carbocycles. The highest BCUT2D eigenvalue weighted by Gasteiger charge is 2.52. The summed E-state index contributed by atoms with van der Waals surface area (Å²) in [6.45, 7) is 1.28. The van der Waals surface area contributed by atoms with Gasteiger partial charge in [-0.1, -0.05) is 6.42 Å². The maximum Gasteiger partial charge on any atom is 0.206 e.